The maximum atomic E-state index is 13.7. The standard InChI is InChI=1S/C20H19FN4O/c21-16-5-1-2-6-18(16)24-20(26)25-12-9-14(10-13-25)17-8-7-15-4-3-11-22-19(15)23-17/h1-8,11,14H,9-10,12-13H2,(H,24,26). The maximum absolute atomic E-state index is 13.7. The Bertz CT molecular complexity index is 938. The monoisotopic (exact) mass is 350 g/mol. The molecule has 1 aromatic carbocycles. The van der Waals surface area contributed by atoms with Crippen LogP contribution in [0.4, 0.5) is 14.9 Å². The van der Waals surface area contributed by atoms with Crippen LogP contribution in [0.1, 0.15) is 24.5 Å². The number of rotatable bonds is 2. The quantitative estimate of drug-likeness (QED) is 0.754. The second-order valence-electron chi connectivity index (χ2n) is 6.46. The van der Waals surface area contributed by atoms with Crippen LogP contribution in [0, 0.1) is 5.82 Å². The van der Waals surface area contributed by atoms with Crippen molar-refractivity contribution in [2.45, 2.75) is 18.8 Å². The van der Waals surface area contributed by atoms with Crippen LogP contribution in [-0.4, -0.2) is 34.0 Å². The molecular formula is C20H19FN4O. The molecule has 1 aliphatic heterocycles. The third kappa shape index (κ3) is 3.35. The minimum Gasteiger partial charge on any atom is -0.324 e. The smallest absolute Gasteiger partial charge is 0.321 e. The summed E-state index contributed by atoms with van der Waals surface area (Å²) < 4.78 is 13.7. The van der Waals surface area contributed by atoms with Crippen molar-refractivity contribution in [1.29, 1.82) is 0 Å². The number of benzene rings is 1. The summed E-state index contributed by atoms with van der Waals surface area (Å²) >= 11 is 0. The number of halogens is 1. The van der Waals surface area contributed by atoms with E-state index in [1.807, 2.05) is 24.3 Å². The fourth-order valence-corrected chi connectivity index (χ4v) is 3.33. The van der Waals surface area contributed by atoms with Gasteiger partial charge in [0.25, 0.3) is 0 Å². The number of carbonyl (C=O) groups excluding carboxylic acids is 1. The summed E-state index contributed by atoms with van der Waals surface area (Å²) in [5, 5.41) is 3.67. The van der Waals surface area contributed by atoms with Crippen LogP contribution in [0.25, 0.3) is 11.0 Å². The number of pyridine rings is 2. The normalized spacial score (nSPS) is 15.2. The van der Waals surface area contributed by atoms with Crippen LogP contribution in [0.3, 0.4) is 0 Å². The van der Waals surface area contributed by atoms with Gasteiger partial charge in [-0.1, -0.05) is 12.1 Å². The predicted octanol–water partition coefficient (Wildman–Crippen LogP) is 4.18. The molecular weight excluding hydrogens is 331 g/mol. The summed E-state index contributed by atoms with van der Waals surface area (Å²) in [6.45, 7) is 1.24. The molecule has 2 aromatic heterocycles. The first-order valence-electron chi connectivity index (χ1n) is 8.73. The molecule has 0 saturated carbocycles. The first kappa shape index (κ1) is 16.4. The number of hydrogen-bond donors (Lipinski definition) is 1. The Kier molecular flexibility index (Phi) is 4.48. The largest absolute Gasteiger partial charge is 0.324 e. The van der Waals surface area contributed by atoms with Crippen molar-refractivity contribution in [2.75, 3.05) is 18.4 Å². The van der Waals surface area contributed by atoms with Crippen LogP contribution in [0.2, 0.25) is 0 Å². The number of fused-ring (bicyclic) bond motifs is 1. The number of nitrogens with one attached hydrogen (secondary N) is 1. The van der Waals surface area contributed by atoms with Gasteiger partial charge in [-0.3, -0.25) is 0 Å². The average molecular weight is 350 g/mol. The summed E-state index contributed by atoms with van der Waals surface area (Å²) in [5.41, 5.74) is 1.98. The van der Waals surface area contributed by atoms with E-state index in [1.165, 1.54) is 6.07 Å². The van der Waals surface area contributed by atoms with Gasteiger partial charge in [0.05, 0.1) is 5.69 Å². The molecule has 6 heteroatoms. The Morgan fingerprint density at radius 2 is 1.88 bits per heavy atom. The summed E-state index contributed by atoms with van der Waals surface area (Å²) in [7, 11) is 0. The number of carbonyl (C=O) groups is 1. The number of likely N-dealkylation sites (tertiary alicyclic amines) is 1. The van der Waals surface area contributed by atoms with Crippen molar-refractivity contribution in [1.82, 2.24) is 14.9 Å². The van der Waals surface area contributed by atoms with E-state index in [1.54, 1.807) is 29.3 Å². The van der Waals surface area contributed by atoms with Gasteiger partial charge in [-0.25, -0.2) is 19.2 Å². The lowest BCUT2D eigenvalue weighted by Crippen LogP contribution is -2.40. The van der Waals surface area contributed by atoms with Crippen LogP contribution in [0.5, 0.6) is 0 Å². The molecule has 1 aliphatic rings. The minimum absolute atomic E-state index is 0.210. The lowest BCUT2D eigenvalue weighted by atomic mass is 9.93. The fraction of sp³-hybridized carbons (Fsp3) is 0.250. The van der Waals surface area contributed by atoms with Crippen LogP contribution in [-0.2, 0) is 0 Å². The van der Waals surface area contributed by atoms with Crippen molar-refractivity contribution in [3.8, 4) is 0 Å². The number of aromatic nitrogens is 2. The highest BCUT2D eigenvalue weighted by atomic mass is 19.1. The van der Waals surface area contributed by atoms with Crippen molar-refractivity contribution in [2.24, 2.45) is 0 Å². The summed E-state index contributed by atoms with van der Waals surface area (Å²) in [6.07, 6.45) is 3.40. The molecule has 0 unspecified atom stereocenters. The lowest BCUT2D eigenvalue weighted by molar-refractivity contribution is 0.194. The summed E-state index contributed by atoms with van der Waals surface area (Å²) in [6, 6.07) is 13.9. The van der Waals surface area contributed by atoms with Gasteiger partial charge < -0.3 is 10.2 Å². The van der Waals surface area contributed by atoms with Gasteiger partial charge in [0.2, 0.25) is 0 Å². The third-order valence-corrected chi connectivity index (χ3v) is 4.80. The number of urea groups is 1. The molecule has 0 spiro atoms. The van der Waals surface area contributed by atoms with Crippen molar-refractivity contribution < 1.29 is 9.18 Å². The number of amides is 2. The van der Waals surface area contributed by atoms with Crippen molar-refractivity contribution >= 4 is 22.8 Å². The van der Waals surface area contributed by atoms with Gasteiger partial charge in [-0.2, -0.15) is 0 Å². The highest BCUT2D eigenvalue weighted by Crippen LogP contribution is 2.28. The number of para-hydroxylation sites is 1. The van der Waals surface area contributed by atoms with E-state index in [2.05, 4.69) is 15.3 Å². The van der Waals surface area contributed by atoms with Crippen LogP contribution in [0.15, 0.2) is 54.7 Å². The molecule has 4 rings (SSSR count). The first-order valence-corrected chi connectivity index (χ1v) is 8.73. The zero-order chi connectivity index (χ0) is 17.9. The number of nitrogens with zero attached hydrogens (tertiary/aromatic N) is 3. The number of anilines is 1. The van der Waals surface area contributed by atoms with Gasteiger partial charge >= 0.3 is 6.03 Å². The van der Waals surface area contributed by atoms with Gasteiger partial charge in [0, 0.05) is 36.3 Å². The molecule has 26 heavy (non-hydrogen) atoms. The number of piperidine rings is 1. The molecule has 3 aromatic rings. The van der Waals surface area contributed by atoms with E-state index in [4.69, 9.17) is 0 Å². The second kappa shape index (κ2) is 7.07. The molecule has 0 atom stereocenters. The molecule has 3 heterocycles. The Balaban J connectivity index is 1.40. The molecule has 132 valence electrons. The van der Waals surface area contributed by atoms with Crippen molar-refractivity contribution in [3.05, 3.63) is 66.2 Å². The lowest BCUT2D eigenvalue weighted by Gasteiger charge is -2.31. The Hall–Kier alpha value is -3.02. The van der Waals surface area contributed by atoms with Gasteiger partial charge in [-0.05, 0) is 49.2 Å². The molecule has 0 aliphatic carbocycles. The molecule has 0 bridgehead atoms. The average Bonchev–Trinajstić information content (AvgIpc) is 2.69. The van der Waals surface area contributed by atoms with E-state index >= 15 is 0 Å². The molecule has 0 radical (unpaired) electrons. The zero-order valence-electron chi connectivity index (χ0n) is 14.2. The molecule has 1 N–H and O–H groups in total. The molecule has 2 amide bonds. The van der Waals surface area contributed by atoms with E-state index in [0.29, 0.717) is 19.0 Å². The van der Waals surface area contributed by atoms with E-state index in [-0.39, 0.29) is 11.7 Å². The SMILES string of the molecule is O=C(Nc1ccccc1F)N1CCC(c2ccc3cccnc3n2)CC1. The zero-order valence-corrected chi connectivity index (χ0v) is 14.2. The van der Waals surface area contributed by atoms with E-state index < -0.39 is 5.82 Å². The summed E-state index contributed by atoms with van der Waals surface area (Å²) in [4.78, 5) is 23.1. The third-order valence-electron chi connectivity index (χ3n) is 4.80. The van der Waals surface area contributed by atoms with Crippen molar-refractivity contribution in [3.63, 3.8) is 0 Å². The van der Waals surface area contributed by atoms with Gasteiger partial charge in [0.1, 0.15) is 5.82 Å². The highest BCUT2D eigenvalue weighted by molar-refractivity contribution is 5.89. The molecule has 5 nitrogen and oxygen atoms in total. The van der Waals surface area contributed by atoms with Gasteiger partial charge in [0.15, 0.2) is 5.65 Å². The summed E-state index contributed by atoms with van der Waals surface area (Å²) in [5.74, 6) is -0.123. The second-order valence-corrected chi connectivity index (χ2v) is 6.46. The Morgan fingerprint density at radius 3 is 2.69 bits per heavy atom. The van der Waals surface area contributed by atoms with Gasteiger partial charge in [-0.15, -0.1) is 0 Å². The van der Waals surface area contributed by atoms with Crippen LogP contribution < -0.4 is 5.32 Å². The number of hydrogen-bond acceptors (Lipinski definition) is 3. The Morgan fingerprint density at radius 1 is 1.08 bits per heavy atom. The topological polar surface area (TPSA) is 58.1 Å². The van der Waals surface area contributed by atoms with E-state index in [9.17, 15) is 9.18 Å². The molecule has 1 saturated heterocycles. The Labute approximate surface area is 150 Å². The van der Waals surface area contributed by atoms with Crippen LogP contribution >= 0.6 is 0 Å². The minimum atomic E-state index is -0.427. The molecule has 1 fully saturated rings. The van der Waals surface area contributed by atoms with E-state index in [0.717, 1.165) is 29.6 Å². The maximum Gasteiger partial charge on any atom is 0.321 e. The highest BCUT2D eigenvalue weighted by Gasteiger charge is 2.25. The predicted molar refractivity (Wildman–Crippen MR) is 98.5 cm³/mol. The fourth-order valence-electron chi connectivity index (χ4n) is 3.33. The first-order chi connectivity index (χ1) is 12.7.